The summed E-state index contributed by atoms with van der Waals surface area (Å²) in [6.45, 7) is 30.7. The number of benzene rings is 8. The van der Waals surface area contributed by atoms with Gasteiger partial charge in [0.05, 0.1) is 5.69 Å². The van der Waals surface area contributed by atoms with Crippen LogP contribution in [-0.4, -0.2) is 6.71 Å². The van der Waals surface area contributed by atoms with Crippen molar-refractivity contribution >= 4 is 57.2 Å². The maximum Gasteiger partial charge on any atom is 0.252 e. The minimum Gasteiger partial charge on any atom is -0.311 e. The zero-order valence-corrected chi connectivity index (χ0v) is 44.6. The molecule has 0 aromatic heterocycles. The van der Waals surface area contributed by atoms with Crippen molar-refractivity contribution in [2.75, 3.05) is 9.80 Å². The summed E-state index contributed by atoms with van der Waals surface area (Å²) in [5.41, 5.74) is 27.5. The summed E-state index contributed by atoms with van der Waals surface area (Å²) in [4.78, 5) is 5.31. The highest BCUT2D eigenvalue weighted by molar-refractivity contribution is 7.00. The second-order valence-electron chi connectivity index (χ2n) is 25.3. The molecule has 0 unspecified atom stereocenters. The van der Waals surface area contributed by atoms with Gasteiger partial charge in [0.2, 0.25) is 0 Å². The lowest BCUT2D eigenvalue weighted by atomic mass is 9.33. The molecular formula is C68H71BN2. The molecule has 0 fully saturated rings. The Morgan fingerprint density at radius 2 is 0.901 bits per heavy atom. The SMILES string of the molecule is CC(C)c1cc2c3c(c1)N(c1ccc(C(C)(C)C)cc1-c1cc(-c4ccccc4)cc(-c4ccccc4)c1)c1cc4c(cc1B3c1cc(C(C)(C)C)ccc1N2c1ccc(C(C)(C)C)cc1)CC(C)(C)C4. The number of anilines is 6. The molecule has 0 amide bonds. The molecule has 71 heavy (non-hydrogen) atoms. The third-order valence-electron chi connectivity index (χ3n) is 15.8. The Balaban J connectivity index is 1.26. The summed E-state index contributed by atoms with van der Waals surface area (Å²) < 4.78 is 0. The molecule has 11 rings (SSSR count). The zero-order valence-electron chi connectivity index (χ0n) is 44.6. The van der Waals surface area contributed by atoms with E-state index in [0.29, 0.717) is 5.92 Å². The molecule has 2 heterocycles. The molecule has 0 saturated carbocycles. The van der Waals surface area contributed by atoms with Gasteiger partial charge in [0.1, 0.15) is 0 Å². The summed E-state index contributed by atoms with van der Waals surface area (Å²) in [7, 11) is 0. The molecular weight excluding hydrogens is 856 g/mol. The van der Waals surface area contributed by atoms with E-state index in [9.17, 15) is 0 Å². The van der Waals surface area contributed by atoms with E-state index in [1.165, 1.54) is 117 Å². The molecule has 2 nitrogen and oxygen atoms in total. The quantitative estimate of drug-likeness (QED) is 0.153. The first-order chi connectivity index (χ1) is 33.6. The van der Waals surface area contributed by atoms with E-state index >= 15 is 0 Å². The fourth-order valence-electron chi connectivity index (χ4n) is 11.8. The normalized spacial score (nSPS) is 14.9. The lowest BCUT2D eigenvalue weighted by Crippen LogP contribution is -2.61. The van der Waals surface area contributed by atoms with Crippen molar-refractivity contribution in [3.8, 4) is 33.4 Å². The van der Waals surface area contributed by atoms with E-state index in [4.69, 9.17) is 0 Å². The van der Waals surface area contributed by atoms with Crippen LogP contribution in [0.5, 0.6) is 0 Å². The average molecular weight is 927 g/mol. The van der Waals surface area contributed by atoms with E-state index in [-0.39, 0.29) is 28.4 Å². The molecule has 3 heteroatoms. The maximum absolute atomic E-state index is 2.71. The maximum atomic E-state index is 2.71. The first kappa shape index (κ1) is 46.8. The van der Waals surface area contributed by atoms with Crippen molar-refractivity contribution in [3.05, 3.63) is 197 Å². The lowest BCUT2D eigenvalue weighted by Gasteiger charge is -2.45. The Bertz CT molecular complexity index is 3300. The standard InChI is InChI=1S/C68H71BN2/c1-43(2)46-36-62-64-63(37-46)71(59-30-26-53(66(6,7)8)39-56(59)49-33-47(44-20-16-14-17-21-44)32-48(34-49)45-22-18-15-19-23-45)61-38-51-42-68(12,13)41-50(51)35-57(61)69(64)58-40-54(67(9,10)11)27-31-60(58)70(62)55-28-24-52(25-29-55)65(3,4)5/h14-40,43H,41-42H2,1-13H3. The van der Waals surface area contributed by atoms with Crippen molar-refractivity contribution in [3.63, 3.8) is 0 Å². The van der Waals surface area contributed by atoms with Crippen LogP contribution in [0.3, 0.4) is 0 Å². The topological polar surface area (TPSA) is 6.48 Å². The van der Waals surface area contributed by atoms with E-state index in [2.05, 4.69) is 264 Å². The molecule has 356 valence electrons. The van der Waals surface area contributed by atoms with Crippen molar-refractivity contribution in [2.45, 2.75) is 125 Å². The summed E-state index contributed by atoms with van der Waals surface area (Å²) in [5.74, 6) is 0.299. The van der Waals surface area contributed by atoms with Crippen molar-refractivity contribution in [2.24, 2.45) is 5.41 Å². The summed E-state index contributed by atoms with van der Waals surface area (Å²) in [6, 6.07) is 63.7. The van der Waals surface area contributed by atoms with Gasteiger partial charge < -0.3 is 9.80 Å². The number of nitrogens with zero attached hydrogens (tertiary/aromatic N) is 2. The molecule has 0 atom stereocenters. The minimum absolute atomic E-state index is 0.0269. The highest BCUT2D eigenvalue weighted by atomic mass is 15.2. The predicted octanol–water partition coefficient (Wildman–Crippen LogP) is 16.9. The van der Waals surface area contributed by atoms with Gasteiger partial charge in [-0.25, -0.2) is 0 Å². The van der Waals surface area contributed by atoms with Crippen LogP contribution in [0.2, 0.25) is 0 Å². The van der Waals surface area contributed by atoms with E-state index < -0.39 is 0 Å². The summed E-state index contributed by atoms with van der Waals surface area (Å²) in [6.07, 6.45) is 2.15. The second-order valence-corrected chi connectivity index (χ2v) is 25.3. The highest BCUT2D eigenvalue weighted by Gasteiger charge is 2.46. The first-order valence-electron chi connectivity index (χ1n) is 26.2. The van der Waals surface area contributed by atoms with Gasteiger partial charge in [0.15, 0.2) is 0 Å². The molecule has 8 aromatic rings. The molecule has 0 radical (unpaired) electrons. The Morgan fingerprint density at radius 3 is 1.45 bits per heavy atom. The fraction of sp³-hybridized carbons (Fsp3) is 0.294. The molecule has 3 aliphatic rings. The van der Waals surface area contributed by atoms with Crippen LogP contribution in [0, 0.1) is 5.41 Å². The Kier molecular flexibility index (Phi) is 11.0. The van der Waals surface area contributed by atoms with Crippen molar-refractivity contribution < 1.29 is 0 Å². The van der Waals surface area contributed by atoms with Gasteiger partial charge in [0, 0.05) is 34.0 Å². The van der Waals surface area contributed by atoms with Crippen molar-refractivity contribution in [1.29, 1.82) is 0 Å². The molecule has 0 spiro atoms. The highest BCUT2D eigenvalue weighted by Crippen LogP contribution is 2.51. The van der Waals surface area contributed by atoms with Crippen LogP contribution < -0.4 is 26.2 Å². The Labute approximate surface area is 425 Å². The average Bonchev–Trinajstić information content (AvgIpc) is 3.65. The number of hydrogen-bond acceptors (Lipinski definition) is 2. The van der Waals surface area contributed by atoms with Gasteiger partial charge in [-0.05, 0) is 185 Å². The van der Waals surface area contributed by atoms with Gasteiger partial charge in [0.25, 0.3) is 6.71 Å². The van der Waals surface area contributed by atoms with Gasteiger partial charge in [-0.15, -0.1) is 0 Å². The summed E-state index contributed by atoms with van der Waals surface area (Å²) >= 11 is 0. The van der Waals surface area contributed by atoms with E-state index in [1.54, 1.807) is 0 Å². The van der Waals surface area contributed by atoms with Gasteiger partial charge >= 0.3 is 0 Å². The first-order valence-corrected chi connectivity index (χ1v) is 26.2. The number of rotatable bonds is 6. The molecule has 2 aliphatic heterocycles. The van der Waals surface area contributed by atoms with Crippen LogP contribution in [0.25, 0.3) is 33.4 Å². The van der Waals surface area contributed by atoms with Crippen molar-refractivity contribution in [1.82, 2.24) is 0 Å². The molecule has 0 bridgehead atoms. The lowest BCUT2D eigenvalue weighted by molar-refractivity contribution is 0.392. The molecule has 1 aliphatic carbocycles. The second kappa shape index (κ2) is 16.8. The van der Waals surface area contributed by atoms with Crippen LogP contribution in [0.15, 0.2) is 164 Å². The van der Waals surface area contributed by atoms with Crippen LogP contribution in [0.4, 0.5) is 34.1 Å². The minimum atomic E-state index is -0.0713. The van der Waals surface area contributed by atoms with Gasteiger partial charge in [-0.1, -0.05) is 187 Å². The van der Waals surface area contributed by atoms with Crippen LogP contribution in [-0.2, 0) is 29.1 Å². The van der Waals surface area contributed by atoms with E-state index in [1.807, 2.05) is 0 Å². The fourth-order valence-corrected chi connectivity index (χ4v) is 11.8. The van der Waals surface area contributed by atoms with Gasteiger partial charge in [-0.3, -0.25) is 0 Å². The molecule has 8 aromatic carbocycles. The number of fused-ring (bicyclic) bond motifs is 5. The van der Waals surface area contributed by atoms with Gasteiger partial charge in [-0.2, -0.15) is 0 Å². The number of hydrogen-bond donors (Lipinski definition) is 0. The predicted molar refractivity (Wildman–Crippen MR) is 308 cm³/mol. The third kappa shape index (κ3) is 8.34. The zero-order chi connectivity index (χ0) is 49.9. The van der Waals surface area contributed by atoms with Crippen LogP contribution in [0.1, 0.15) is 129 Å². The summed E-state index contributed by atoms with van der Waals surface area (Å²) in [5, 5.41) is 0. The largest absolute Gasteiger partial charge is 0.311 e. The Hall–Kier alpha value is -6.58. The van der Waals surface area contributed by atoms with E-state index in [0.717, 1.165) is 12.8 Å². The smallest absolute Gasteiger partial charge is 0.252 e. The molecule has 0 N–H and O–H groups in total. The molecule has 0 saturated heterocycles. The van der Waals surface area contributed by atoms with Crippen LogP contribution >= 0.6 is 0 Å². The monoisotopic (exact) mass is 927 g/mol. The Morgan fingerprint density at radius 1 is 0.423 bits per heavy atom. The third-order valence-corrected chi connectivity index (χ3v) is 15.8.